The second-order valence-corrected chi connectivity index (χ2v) is 4.00. The Morgan fingerprint density at radius 1 is 0.923 bits per heavy atom. The van der Waals surface area contributed by atoms with Gasteiger partial charge < -0.3 is 0 Å². The molecule has 0 amide bonds. The van der Waals surface area contributed by atoms with Crippen molar-refractivity contribution in [3.63, 3.8) is 0 Å². The van der Waals surface area contributed by atoms with Crippen LogP contribution in [-0.2, 0) is 9.24 Å². The van der Waals surface area contributed by atoms with Gasteiger partial charge >= 0.3 is 21.8 Å². The first-order valence-corrected chi connectivity index (χ1v) is 4.52. The standard InChI is InChI=1S/C2ClF6NO2S/c3-13(11,12)10(1(4,5)6)2(7,8)9. The minimum Gasteiger partial charge on any atom is -0.194 e. The van der Waals surface area contributed by atoms with E-state index in [1.54, 1.807) is 0 Å². The molecule has 0 fully saturated rings. The van der Waals surface area contributed by atoms with Gasteiger partial charge in [-0.1, -0.05) is 0 Å². The molecular formula is C2ClF6NO2S. The second-order valence-electron chi connectivity index (χ2n) is 1.64. The lowest BCUT2D eigenvalue weighted by Gasteiger charge is -2.22. The lowest BCUT2D eigenvalue weighted by molar-refractivity contribution is -0.333. The predicted molar refractivity (Wildman–Crippen MR) is 28.7 cm³/mol. The third-order valence-electron chi connectivity index (χ3n) is 0.679. The highest BCUT2D eigenvalue weighted by Crippen LogP contribution is 2.37. The van der Waals surface area contributed by atoms with Gasteiger partial charge in [0.25, 0.3) is 0 Å². The van der Waals surface area contributed by atoms with Crippen LogP contribution in [0.5, 0.6) is 0 Å². The molecule has 0 aromatic heterocycles. The summed E-state index contributed by atoms with van der Waals surface area (Å²) in [5.74, 6) is 0. The smallest absolute Gasteiger partial charge is 0.194 e. The third-order valence-corrected chi connectivity index (χ3v) is 1.94. The van der Waals surface area contributed by atoms with Gasteiger partial charge in [-0.25, -0.2) is 0 Å². The van der Waals surface area contributed by atoms with Gasteiger partial charge in [-0.05, 0) is 0 Å². The average Bonchev–Trinajstić information content (AvgIpc) is 1.44. The summed E-state index contributed by atoms with van der Waals surface area (Å²) in [5, 5.41) is 0. The van der Waals surface area contributed by atoms with Crippen molar-refractivity contribution in [1.82, 2.24) is 4.31 Å². The Morgan fingerprint density at radius 2 is 1.15 bits per heavy atom. The Balaban J connectivity index is 5.28. The third kappa shape index (κ3) is 3.56. The van der Waals surface area contributed by atoms with Gasteiger partial charge in [0.2, 0.25) is 0 Å². The average molecular weight is 252 g/mol. The van der Waals surface area contributed by atoms with E-state index in [-0.39, 0.29) is 0 Å². The van der Waals surface area contributed by atoms with Crippen LogP contribution in [0.25, 0.3) is 0 Å². The summed E-state index contributed by atoms with van der Waals surface area (Å²) < 4.78 is 85.8. The predicted octanol–water partition coefficient (Wildman–Crippen LogP) is 1.81. The molecule has 0 aromatic carbocycles. The topological polar surface area (TPSA) is 37.4 Å². The van der Waals surface area contributed by atoms with Gasteiger partial charge in [0, 0.05) is 15.0 Å². The summed E-state index contributed by atoms with van der Waals surface area (Å²) in [6, 6.07) is 0. The number of hydrogen-bond donors (Lipinski definition) is 0. The minimum absolute atomic E-state index is 2.70. The molecule has 13 heavy (non-hydrogen) atoms. The van der Waals surface area contributed by atoms with Gasteiger partial charge in [-0.15, -0.1) is 0 Å². The number of nitrogens with zero attached hydrogens (tertiary/aromatic N) is 1. The molecule has 80 valence electrons. The van der Waals surface area contributed by atoms with Crippen molar-refractivity contribution in [2.75, 3.05) is 0 Å². The summed E-state index contributed by atoms with van der Waals surface area (Å²) in [5.41, 5.74) is 0. The molecule has 0 atom stereocenters. The molecule has 3 nitrogen and oxygen atoms in total. The van der Waals surface area contributed by atoms with Crippen molar-refractivity contribution in [2.45, 2.75) is 12.6 Å². The van der Waals surface area contributed by atoms with Gasteiger partial charge in [0.05, 0.1) is 0 Å². The largest absolute Gasteiger partial charge is 0.481 e. The van der Waals surface area contributed by atoms with E-state index in [4.69, 9.17) is 0 Å². The Morgan fingerprint density at radius 3 is 1.15 bits per heavy atom. The van der Waals surface area contributed by atoms with E-state index in [1.165, 1.54) is 0 Å². The first kappa shape index (κ1) is 12.8. The quantitative estimate of drug-likeness (QED) is 0.405. The summed E-state index contributed by atoms with van der Waals surface area (Å²) in [4.78, 5) is 0. The summed E-state index contributed by atoms with van der Waals surface area (Å²) in [6.45, 7) is 0. The molecule has 0 spiro atoms. The second kappa shape index (κ2) is 3.17. The molecule has 0 saturated heterocycles. The Labute approximate surface area is 72.4 Å². The van der Waals surface area contributed by atoms with E-state index in [0.29, 0.717) is 0 Å². The molecule has 0 aromatic rings. The van der Waals surface area contributed by atoms with Crippen molar-refractivity contribution in [3.05, 3.63) is 0 Å². The number of alkyl halides is 6. The van der Waals surface area contributed by atoms with E-state index in [0.717, 1.165) is 0 Å². The zero-order valence-electron chi connectivity index (χ0n) is 5.32. The summed E-state index contributed by atoms with van der Waals surface area (Å²) in [7, 11) is -2.00. The van der Waals surface area contributed by atoms with Crippen molar-refractivity contribution < 1.29 is 34.8 Å². The van der Waals surface area contributed by atoms with E-state index < -0.39 is 26.1 Å². The number of hydrogen-bond acceptors (Lipinski definition) is 2. The molecule has 0 aliphatic carbocycles. The Kier molecular flexibility index (Phi) is 3.12. The van der Waals surface area contributed by atoms with Crippen LogP contribution in [0.4, 0.5) is 26.3 Å². The fraction of sp³-hybridized carbons (Fsp3) is 1.00. The molecule has 0 heterocycles. The Bertz CT molecular complexity index is 264. The molecular weight excluding hydrogens is 252 g/mol. The highest BCUT2D eigenvalue weighted by atomic mass is 35.7. The van der Waals surface area contributed by atoms with Crippen LogP contribution in [0.3, 0.4) is 0 Å². The molecule has 0 unspecified atom stereocenters. The van der Waals surface area contributed by atoms with Crippen LogP contribution < -0.4 is 0 Å². The van der Waals surface area contributed by atoms with Gasteiger partial charge in [-0.2, -0.15) is 34.8 Å². The summed E-state index contributed by atoms with van der Waals surface area (Å²) in [6.07, 6.45) is -12.3. The van der Waals surface area contributed by atoms with E-state index in [1.807, 2.05) is 0 Å². The molecule has 0 rings (SSSR count). The van der Waals surface area contributed by atoms with Crippen LogP contribution >= 0.6 is 10.7 Å². The number of rotatable bonds is 1. The fourth-order valence-electron chi connectivity index (χ4n) is 0.391. The lowest BCUT2D eigenvalue weighted by Crippen LogP contribution is -2.49. The van der Waals surface area contributed by atoms with E-state index >= 15 is 0 Å². The van der Waals surface area contributed by atoms with Crippen molar-refractivity contribution in [1.29, 1.82) is 0 Å². The van der Waals surface area contributed by atoms with E-state index in [9.17, 15) is 34.8 Å². The number of halogens is 7. The summed E-state index contributed by atoms with van der Waals surface area (Å²) >= 11 is 0. The van der Waals surface area contributed by atoms with Crippen molar-refractivity contribution in [3.8, 4) is 0 Å². The lowest BCUT2D eigenvalue weighted by atomic mass is 11.0. The normalized spacial score (nSPS) is 15.1. The van der Waals surface area contributed by atoms with Gasteiger partial charge in [0.15, 0.2) is 0 Å². The fourth-order valence-corrected chi connectivity index (χ4v) is 1.36. The molecule has 0 radical (unpaired) electrons. The van der Waals surface area contributed by atoms with Crippen LogP contribution in [0.2, 0.25) is 0 Å². The molecule has 0 aliphatic heterocycles. The van der Waals surface area contributed by atoms with E-state index in [2.05, 4.69) is 10.7 Å². The molecule has 0 aliphatic rings. The highest BCUT2D eigenvalue weighted by molar-refractivity contribution is 8.11. The maximum absolute atomic E-state index is 11.5. The molecule has 0 saturated carbocycles. The minimum atomic E-state index is -6.13. The first-order chi connectivity index (χ1) is 5.37. The van der Waals surface area contributed by atoms with Crippen LogP contribution in [-0.4, -0.2) is 25.3 Å². The van der Waals surface area contributed by atoms with Crippen LogP contribution in [0.1, 0.15) is 0 Å². The van der Waals surface area contributed by atoms with Gasteiger partial charge in [-0.3, -0.25) is 0 Å². The molecule has 0 N–H and O–H groups in total. The van der Waals surface area contributed by atoms with Crippen LogP contribution in [0, 0.1) is 0 Å². The maximum atomic E-state index is 11.5. The zero-order chi connectivity index (χ0) is 11.1. The highest BCUT2D eigenvalue weighted by Gasteiger charge is 2.60. The molecule has 0 bridgehead atoms. The zero-order valence-corrected chi connectivity index (χ0v) is 6.89. The monoisotopic (exact) mass is 251 g/mol. The van der Waals surface area contributed by atoms with Crippen molar-refractivity contribution >= 4 is 19.9 Å². The van der Waals surface area contributed by atoms with Gasteiger partial charge in [0.1, 0.15) is 0 Å². The van der Waals surface area contributed by atoms with Crippen molar-refractivity contribution in [2.24, 2.45) is 0 Å². The molecule has 11 heteroatoms. The Hall–Kier alpha value is -0.220. The maximum Gasteiger partial charge on any atom is 0.481 e. The SMILES string of the molecule is O=S(=O)(Cl)N(C(F)(F)F)C(F)(F)F. The first-order valence-electron chi connectivity index (χ1n) is 2.25. The van der Waals surface area contributed by atoms with Crippen LogP contribution in [0.15, 0.2) is 0 Å².